The lowest BCUT2D eigenvalue weighted by Gasteiger charge is -2.46. The third-order valence-corrected chi connectivity index (χ3v) is 9.46. The highest BCUT2D eigenvalue weighted by Crippen LogP contribution is 2.62. The quantitative estimate of drug-likeness (QED) is 0.0940. The molecule has 15 nitrogen and oxygen atoms in total. The summed E-state index contributed by atoms with van der Waals surface area (Å²) in [7, 11) is 0. The lowest BCUT2D eigenvalue weighted by atomic mass is 9.59. The van der Waals surface area contributed by atoms with Gasteiger partial charge in [-0.1, -0.05) is 18.2 Å². The number of allylic oxidation sites excluding steroid dienone is 2. The number of ketones is 1. The summed E-state index contributed by atoms with van der Waals surface area (Å²) in [5.41, 5.74) is 14.9. The van der Waals surface area contributed by atoms with Gasteiger partial charge in [0, 0.05) is 71.3 Å². The molecule has 5 aromatic rings. The highest BCUT2D eigenvalue weighted by molar-refractivity contribution is 6.34. The van der Waals surface area contributed by atoms with Gasteiger partial charge in [-0.3, -0.25) is 45.3 Å². The van der Waals surface area contributed by atoms with Crippen LogP contribution in [0.5, 0.6) is 0 Å². The minimum atomic E-state index is -1.82. The Hall–Kier alpha value is -7.39. The molecular weight excluding hydrogens is 672 g/mol. The van der Waals surface area contributed by atoms with Crippen molar-refractivity contribution in [3.63, 3.8) is 0 Å². The highest BCUT2D eigenvalue weighted by atomic mass is 16.6. The molecule has 0 fully saturated rings. The number of fused-ring (bicyclic) bond motifs is 2. The Morgan fingerprint density at radius 2 is 0.981 bits per heavy atom. The number of nitrogen functional groups attached to an aromatic ring is 1. The number of carbonyl (C=O) groups is 1. The van der Waals surface area contributed by atoms with Gasteiger partial charge >= 0.3 is 0 Å². The van der Waals surface area contributed by atoms with Crippen LogP contribution < -0.4 is 11.5 Å². The molecule has 0 aromatic heterocycles. The first-order valence-corrected chi connectivity index (χ1v) is 15.5. The van der Waals surface area contributed by atoms with E-state index < -0.39 is 36.9 Å². The Labute approximate surface area is 292 Å². The molecule has 0 saturated heterocycles. The minimum Gasteiger partial charge on any atom is -0.399 e. The van der Waals surface area contributed by atoms with Crippen molar-refractivity contribution >= 4 is 50.9 Å². The maximum absolute atomic E-state index is 14.7. The lowest BCUT2D eigenvalue weighted by molar-refractivity contribution is -0.385. The molecule has 2 unspecified atom stereocenters. The van der Waals surface area contributed by atoms with Gasteiger partial charge < -0.3 is 11.5 Å². The summed E-state index contributed by atoms with van der Waals surface area (Å²) in [5.74, 6) is -1.56. The molecule has 2 aliphatic carbocycles. The second-order valence-electron chi connectivity index (χ2n) is 12.2. The third kappa shape index (κ3) is 5.16. The number of nitrogens with two attached hydrogens (primary N) is 2. The molecule has 7 rings (SSSR count). The Balaban J connectivity index is 1.67. The monoisotopic (exact) mass is 696 g/mol. The van der Waals surface area contributed by atoms with Crippen molar-refractivity contribution in [1.29, 1.82) is 0 Å². The molecule has 5 aromatic carbocycles. The van der Waals surface area contributed by atoms with Crippen molar-refractivity contribution in [3.8, 4) is 0 Å². The Kier molecular flexibility index (Phi) is 7.76. The fourth-order valence-electron chi connectivity index (χ4n) is 7.18. The van der Waals surface area contributed by atoms with E-state index in [1.54, 1.807) is 12.1 Å². The SMILES string of the molecule is Nc1ccc2c(c1)C(=O)C1=C2C(c2ccc([N+](=O)[O-])cc2)=C(c2ccc([N+](=O)[O-])cc2)C(N)(c2ccc([N+](=O)[O-])cc2)C1c1ccc([N+](=O)[O-])cc1. The van der Waals surface area contributed by atoms with Crippen molar-refractivity contribution in [3.05, 3.63) is 195 Å². The molecule has 0 spiro atoms. The first kappa shape index (κ1) is 33.1. The van der Waals surface area contributed by atoms with E-state index in [2.05, 4.69) is 0 Å². The number of nitrogens with zero attached hydrogens (tertiary/aromatic N) is 4. The van der Waals surface area contributed by atoms with Crippen LogP contribution in [0.25, 0.3) is 16.7 Å². The lowest BCUT2D eigenvalue weighted by Crippen LogP contribution is -2.47. The number of non-ortho nitro benzene ring substituents is 4. The maximum Gasteiger partial charge on any atom is 0.269 e. The number of hydrogen-bond donors (Lipinski definition) is 2. The predicted octanol–water partition coefficient (Wildman–Crippen LogP) is 7.11. The fraction of sp³-hybridized carbons (Fsp3) is 0.0541. The van der Waals surface area contributed by atoms with E-state index in [9.17, 15) is 45.3 Å². The highest BCUT2D eigenvalue weighted by Gasteiger charge is 2.54. The number of carbonyl (C=O) groups excluding carboxylic acids is 1. The molecule has 0 radical (unpaired) electrons. The molecule has 2 aliphatic rings. The molecule has 4 N–H and O–H groups in total. The van der Waals surface area contributed by atoms with Crippen LogP contribution in [-0.4, -0.2) is 25.5 Å². The normalized spacial score (nSPS) is 17.8. The van der Waals surface area contributed by atoms with Crippen LogP contribution in [0.1, 0.15) is 44.1 Å². The van der Waals surface area contributed by atoms with Crippen LogP contribution in [0.4, 0.5) is 28.4 Å². The number of Topliss-reactive ketones (excluding diaryl/α,β-unsaturated/α-hetero) is 1. The molecule has 52 heavy (non-hydrogen) atoms. The molecule has 2 atom stereocenters. The van der Waals surface area contributed by atoms with Crippen LogP contribution in [0.2, 0.25) is 0 Å². The zero-order chi connectivity index (χ0) is 37.1. The number of anilines is 1. The van der Waals surface area contributed by atoms with E-state index in [4.69, 9.17) is 11.5 Å². The number of rotatable bonds is 8. The summed E-state index contributed by atoms with van der Waals surface area (Å²) < 4.78 is 0. The smallest absolute Gasteiger partial charge is 0.269 e. The zero-order valence-corrected chi connectivity index (χ0v) is 26.7. The van der Waals surface area contributed by atoms with Gasteiger partial charge in [-0.15, -0.1) is 0 Å². The summed E-state index contributed by atoms with van der Waals surface area (Å²) in [5, 5.41) is 46.8. The molecule has 0 amide bonds. The van der Waals surface area contributed by atoms with E-state index in [1.807, 2.05) is 0 Å². The second kappa shape index (κ2) is 12.2. The van der Waals surface area contributed by atoms with E-state index in [0.717, 1.165) is 0 Å². The predicted molar refractivity (Wildman–Crippen MR) is 190 cm³/mol. The van der Waals surface area contributed by atoms with Crippen LogP contribution in [0.3, 0.4) is 0 Å². The number of nitro benzene ring substituents is 4. The summed E-state index contributed by atoms with van der Waals surface area (Å²) >= 11 is 0. The summed E-state index contributed by atoms with van der Waals surface area (Å²) in [6.45, 7) is 0. The Morgan fingerprint density at radius 1 is 0.538 bits per heavy atom. The topological polar surface area (TPSA) is 242 Å². The third-order valence-electron chi connectivity index (χ3n) is 9.46. The minimum absolute atomic E-state index is 0.189. The Morgan fingerprint density at radius 3 is 1.46 bits per heavy atom. The van der Waals surface area contributed by atoms with E-state index in [1.165, 1.54) is 103 Å². The maximum atomic E-state index is 14.7. The summed E-state index contributed by atoms with van der Waals surface area (Å²) in [6.07, 6.45) is 0. The first-order chi connectivity index (χ1) is 24.8. The van der Waals surface area contributed by atoms with Gasteiger partial charge in [0.2, 0.25) is 0 Å². The molecule has 0 heterocycles. The van der Waals surface area contributed by atoms with Gasteiger partial charge in [0.25, 0.3) is 22.7 Å². The van der Waals surface area contributed by atoms with Gasteiger partial charge in [0.1, 0.15) is 0 Å². The molecule has 0 bridgehead atoms. The molecule has 15 heteroatoms. The van der Waals surface area contributed by atoms with Crippen LogP contribution in [0.15, 0.2) is 121 Å². The van der Waals surface area contributed by atoms with Crippen molar-refractivity contribution < 1.29 is 24.5 Å². The molecular formula is C37H24N6O9. The van der Waals surface area contributed by atoms with Crippen molar-refractivity contribution in [1.82, 2.24) is 0 Å². The molecule has 0 saturated carbocycles. The first-order valence-electron chi connectivity index (χ1n) is 15.5. The second-order valence-corrected chi connectivity index (χ2v) is 12.2. The standard InChI is InChI=1S/C37H24N6O9/c38-24-9-18-29-30(19-24)36(44)33-32(29)31(20-1-10-25(11-2-20)40(45)46)34(21-3-12-26(13-4-21)41(47)48)37(39,23-7-16-28(17-8-23)43(51)52)35(33)22-5-14-27(15-6-22)42(49)50/h1-19,35H,38-39H2. The molecule has 0 aliphatic heterocycles. The number of nitro groups is 4. The van der Waals surface area contributed by atoms with Crippen molar-refractivity contribution in [2.75, 3.05) is 5.73 Å². The van der Waals surface area contributed by atoms with Gasteiger partial charge in [-0.05, 0) is 93.1 Å². The summed E-state index contributed by atoms with van der Waals surface area (Å²) in [4.78, 5) is 59.2. The van der Waals surface area contributed by atoms with Gasteiger partial charge in [0.15, 0.2) is 5.78 Å². The van der Waals surface area contributed by atoms with Gasteiger partial charge in [-0.25, -0.2) is 0 Å². The Bertz CT molecular complexity index is 2440. The van der Waals surface area contributed by atoms with Crippen molar-refractivity contribution in [2.24, 2.45) is 5.73 Å². The van der Waals surface area contributed by atoms with E-state index in [0.29, 0.717) is 50.2 Å². The van der Waals surface area contributed by atoms with Crippen molar-refractivity contribution in [2.45, 2.75) is 11.5 Å². The average molecular weight is 697 g/mol. The van der Waals surface area contributed by atoms with E-state index >= 15 is 0 Å². The number of benzene rings is 5. The molecule has 256 valence electrons. The number of hydrogen-bond acceptors (Lipinski definition) is 11. The van der Waals surface area contributed by atoms with E-state index in [-0.39, 0.29) is 33.9 Å². The fourth-order valence-corrected chi connectivity index (χ4v) is 7.18. The zero-order valence-electron chi connectivity index (χ0n) is 26.7. The average Bonchev–Trinajstić information content (AvgIpc) is 3.41. The van der Waals surface area contributed by atoms with Crippen LogP contribution in [-0.2, 0) is 5.54 Å². The van der Waals surface area contributed by atoms with Crippen LogP contribution in [0, 0.1) is 40.5 Å². The summed E-state index contributed by atoms with van der Waals surface area (Å²) in [6, 6.07) is 26.9. The largest absolute Gasteiger partial charge is 0.399 e. The van der Waals surface area contributed by atoms with Crippen LogP contribution >= 0.6 is 0 Å². The van der Waals surface area contributed by atoms with Gasteiger partial charge in [0.05, 0.1) is 25.2 Å². The van der Waals surface area contributed by atoms with Gasteiger partial charge in [-0.2, -0.15) is 0 Å².